The van der Waals surface area contributed by atoms with Gasteiger partial charge in [-0.1, -0.05) is 30.7 Å². The van der Waals surface area contributed by atoms with Gasteiger partial charge >= 0.3 is 0 Å². The summed E-state index contributed by atoms with van der Waals surface area (Å²) in [4.78, 5) is 23.1. The molecule has 0 aliphatic rings. The van der Waals surface area contributed by atoms with Gasteiger partial charge in [-0.3, -0.25) is 4.79 Å². The Kier molecular flexibility index (Phi) is 8.01. The summed E-state index contributed by atoms with van der Waals surface area (Å²) in [5.74, 6) is 0.698. The molecule has 3 N–H and O–H groups in total. The second-order valence-corrected chi connectivity index (χ2v) is 8.13. The monoisotopic (exact) mass is 467 g/mol. The van der Waals surface area contributed by atoms with Crippen LogP contribution in [0.25, 0.3) is 16.5 Å². The van der Waals surface area contributed by atoms with Gasteiger partial charge in [-0.2, -0.15) is 0 Å². The van der Waals surface area contributed by atoms with E-state index in [1.807, 2.05) is 31.2 Å². The highest BCUT2D eigenvalue weighted by Crippen LogP contribution is 2.29. The lowest BCUT2D eigenvalue weighted by Crippen LogP contribution is -2.21. The molecule has 2 aromatic carbocycles. The molecule has 33 heavy (non-hydrogen) atoms. The zero-order chi connectivity index (χ0) is 24.0. The Bertz CT molecular complexity index is 1220. The topological polar surface area (TPSA) is 84.1 Å². The van der Waals surface area contributed by atoms with Gasteiger partial charge in [-0.15, -0.1) is 0 Å². The Labute approximate surface area is 198 Å². The van der Waals surface area contributed by atoms with E-state index in [0.29, 0.717) is 36.6 Å². The molecule has 3 aromatic rings. The van der Waals surface area contributed by atoms with Gasteiger partial charge in [-0.25, -0.2) is 14.4 Å². The number of anilines is 2. The summed E-state index contributed by atoms with van der Waals surface area (Å²) in [7, 11) is 3.49. The molecule has 0 atom stereocenters. The Morgan fingerprint density at radius 3 is 2.67 bits per heavy atom. The Morgan fingerprint density at radius 1 is 1.21 bits per heavy atom. The number of aryl methyl sites for hydroxylation is 1. The van der Waals surface area contributed by atoms with Crippen molar-refractivity contribution in [1.29, 1.82) is 0 Å². The number of carbonyl (C=O) groups excluding carboxylic acids is 1. The number of allylic oxidation sites excluding steroid dienone is 3. The SMILES string of the molecule is CC/C(=C\C=C/N)c1nc(Nc2ccc(F)c(Cl)c2)c2cc(CCC(=O)N(C)C)ccc2n1. The van der Waals surface area contributed by atoms with E-state index in [-0.39, 0.29) is 10.9 Å². The van der Waals surface area contributed by atoms with Gasteiger partial charge in [0.1, 0.15) is 11.6 Å². The molecule has 0 spiro atoms. The number of nitrogens with one attached hydrogen (secondary N) is 1. The summed E-state index contributed by atoms with van der Waals surface area (Å²) >= 11 is 5.97. The number of rotatable bonds is 8. The number of amides is 1. The molecular formula is C25H27ClFN5O. The second kappa shape index (κ2) is 10.9. The number of halogens is 2. The van der Waals surface area contributed by atoms with E-state index >= 15 is 0 Å². The van der Waals surface area contributed by atoms with Gasteiger partial charge in [0.05, 0.1) is 10.5 Å². The molecule has 1 heterocycles. The predicted octanol–water partition coefficient (Wildman–Crippen LogP) is 5.45. The highest BCUT2D eigenvalue weighted by atomic mass is 35.5. The van der Waals surface area contributed by atoms with Gasteiger partial charge in [0.25, 0.3) is 0 Å². The first kappa shape index (κ1) is 24.2. The van der Waals surface area contributed by atoms with E-state index in [9.17, 15) is 9.18 Å². The van der Waals surface area contributed by atoms with Crippen LogP contribution in [-0.2, 0) is 11.2 Å². The first-order valence-corrected chi connectivity index (χ1v) is 11.0. The average molecular weight is 468 g/mol. The maximum absolute atomic E-state index is 13.6. The second-order valence-electron chi connectivity index (χ2n) is 7.72. The van der Waals surface area contributed by atoms with Crippen molar-refractivity contribution in [3.8, 4) is 0 Å². The van der Waals surface area contributed by atoms with Crippen LogP contribution in [0.4, 0.5) is 15.9 Å². The van der Waals surface area contributed by atoms with E-state index in [0.717, 1.165) is 22.0 Å². The number of benzene rings is 2. The van der Waals surface area contributed by atoms with Crippen LogP contribution in [0.2, 0.25) is 5.02 Å². The third-order valence-corrected chi connectivity index (χ3v) is 5.44. The van der Waals surface area contributed by atoms with Crippen molar-refractivity contribution in [1.82, 2.24) is 14.9 Å². The van der Waals surface area contributed by atoms with Gasteiger partial charge in [0.15, 0.2) is 5.82 Å². The lowest BCUT2D eigenvalue weighted by molar-refractivity contribution is -0.128. The first-order valence-electron chi connectivity index (χ1n) is 10.6. The quantitative estimate of drug-likeness (QED) is 0.430. The van der Waals surface area contributed by atoms with Crippen molar-refractivity contribution < 1.29 is 9.18 Å². The molecule has 0 saturated heterocycles. The van der Waals surface area contributed by atoms with Gasteiger partial charge in [-0.05, 0) is 66.6 Å². The average Bonchev–Trinajstić information content (AvgIpc) is 2.80. The number of hydrogen-bond acceptors (Lipinski definition) is 5. The molecule has 172 valence electrons. The Morgan fingerprint density at radius 2 is 2.00 bits per heavy atom. The molecule has 0 saturated carbocycles. The fourth-order valence-electron chi connectivity index (χ4n) is 3.28. The van der Waals surface area contributed by atoms with Crippen LogP contribution in [-0.4, -0.2) is 34.9 Å². The minimum atomic E-state index is -0.493. The molecule has 1 aromatic heterocycles. The smallest absolute Gasteiger partial charge is 0.222 e. The van der Waals surface area contributed by atoms with Crippen molar-refractivity contribution in [2.24, 2.45) is 5.73 Å². The number of aromatic nitrogens is 2. The normalized spacial score (nSPS) is 11.8. The number of nitrogens with two attached hydrogens (primary N) is 1. The number of fused-ring (bicyclic) bond motifs is 1. The zero-order valence-electron chi connectivity index (χ0n) is 18.9. The molecule has 3 rings (SSSR count). The van der Waals surface area contributed by atoms with Crippen LogP contribution in [0.5, 0.6) is 0 Å². The molecule has 0 aliphatic heterocycles. The lowest BCUT2D eigenvalue weighted by atomic mass is 10.1. The highest BCUT2D eigenvalue weighted by molar-refractivity contribution is 6.31. The highest BCUT2D eigenvalue weighted by Gasteiger charge is 2.13. The molecule has 1 amide bonds. The van der Waals surface area contributed by atoms with Gasteiger partial charge in [0, 0.05) is 31.6 Å². The molecule has 0 fully saturated rings. The van der Waals surface area contributed by atoms with Crippen LogP contribution in [0.3, 0.4) is 0 Å². The van der Waals surface area contributed by atoms with Crippen molar-refractivity contribution in [2.45, 2.75) is 26.2 Å². The minimum absolute atomic E-state index is 0.0173. The fraction of sp³-hybridized carbons (Fsp3) is 0.240. The Balaban J connectivity index is 2.08. The van der Waals surface area contributed by atoms with Crippen LogP contribution >= 0.6 is 11.6 Å². The van der Waals surface area contributed by atoms with E-state index in [2.05, 4.69) is 5.32 Å². The van der Waals surface area contributed by atoms with Crippen LogP contribution in [0.1, 0.15) is 31.2 Å². The van der Waals surface area contributed by atoms with Crippen LogP contribution in [0, 0.1) is 5.82 Å². The molecule has 0 radical (unpaired) electrons. The van der Waals surface area contributed by atoms with Crippen molar-refractivity contribution in [2.75, 3.05) is 19.4 Å². The fourth-order valence-corrected chi connectivity index (χ4v) is 3.46. The standard InChI is InChI=1S/C25H27ClFN5O/c1-4-17(6-5-13-28)24-30-22-11-7-16(8-12-23(33)32(2)3)14-19(22)25(31-24)29-18-9-10-21(27)20(26)15-18/h5-7,9-11,13-15H,4,8,12,28H2,1-3H3,(H,29,30,31)/b13-5-,17-6+. The summed E-state index contributed by atoms with van der Waals surface area (Å²) in [6.45, 7) is 2.02. The molecular weight excluding hydrogens is 441 g/mol. The lowest BCUT2D eigenvalue weighted by Gasteiger charge is -2.14. The summed E-state index contributed by atoms with van der Waals surface area (Å²) < 4.78 is 13.6. The molecule has 0 aliphatic carbocycles. The van der Waals surface area contributed by atoms with Crippen LogP contribution in [0.15, 0.2) is 54.8 Å². The summed E-state index contributed by atoms with van der Waals surface area (Å²) in [5.41, 5.74) is 8.75. The summed E-state index contributed by atoms with van der Waals surface area (Å²) in [5, 5.41) is 4.06. The third kappa shape index (κ3) is 6.08. The maximum Gasteiger partial charge on any atom is 0.222 e. The van der Waals surface area contributed by atoms with Crippen molar-refractivity contribution in [3.05, 3.63) is 77.0 Å². The predicted molar refractivity (Wildman–Crippen MR) is 133 cm³/mol. The minimum Gasteiger partial charge on any atom is -0.405 e. The van der Waals surface area contributed by atoms with Crippen LogP contribution < -0.4 is 11.1 Å². The number of hydrogen-bond donors (Lipinski definition) is 2. The van der Waals surface area contributed by atoms with Gasteiger partial charge in [0.2, 0.25) is 5.91 Å². The summed E-state index contributed by atoms with van der Waals surface area (Å²) in [6, 6.07) is 10.3. The first-order chi connectivity index (χ1) is 15.8. The molecule has 0 unspecified atom stereocenters. The Hall–Kier alpha value is -3.45. The number of nitrogens with zero attached hydrogens (tertiary/aromatic N) is 3. The molecule has 8 heteroatoms. The van der Waals surface area contributed by atoms with Crippen molar-refractivity contribution >= 4 is 45.5 Å². The molecule has 0 bridgehead atoms. The maximum atomic E-state index is 13.6. The van der Waals surface area contributed by atoms with Gasteiger partial charge < -0.3 is 16.0 Å². The third-order valence-electron chi connectivity index (χ3n) is 5.15. The molecule has 6 nitrogen and oxygen atoms in total. The summed E-state index contributed by atoms with van der Waals surface area (Å²) in [6.07, 6.45) is 6.78. The van der Waals surface area contributed by atoms with E-state index in [1.165, 1.54) is 18.3 Å². The largest absolute Gasteiger partial charge is 0.405 e. The zero-order valence-corrected chi connectivity index (χ0v) is 19.7. The van der Waals surface area contributed by atoms with Crippen molar-refractivity contribution in [3.63, 3.8) is 0 Å². The van der Waals surface area contributed by atoms with E-state index in [1.54, 1.807) is 31.1 Å². The number of carbonyl (C=O) groups is 1. The van der Waals surface area contributed by atoms with E-state index in [4.69, 9.17) is 27.3 Å². The van der Waals surface area contributed by atoms with E-state index < -0.39 is 5.82 Å².